The van der Waals surface area contributed by atoms with Crippen molar-refractivity contribution < 1.29 is 27.6 Å². The molecule has 0 aliphatic carbocycles. The van der Waals surface area contributed by atoms with Crippen LogP contribution in [0.3, 0.4) is 0 Å². The van der Waals surface area contributed by atoms with E-state index in [0.717, 1.165) is 16.7 Å². The average Bonchev–Trinajstić information content (AvgIpc) is 2.79. The molecule has 0 amide bonds. The number of ketones is 1. The zero-order valence-corrected chi connectivity index (χ0v) is 19.2. The van der Waals surface area contributed by atoms with Crippen molar-refractivity contribution in [3.63, 3.8) is 0 Å². The lowest BCUT2D eigenvalue weighted by molar-refractivity contribution is -0.125. The van der Waals surface area contributed by atoms with Crippen LogP contribution in [-0.4, -0.2) is 36.5 Å². The Balaban J connectivity index is 0.000000294. The molecule has 176 valence electrons. The van der Waals surface area contributed by atoms with E-state index in [4.69, 9.17) is 15.0 Å². The fourth-order valence-corrected chi connectivity index (χ4v) is 3.29. The van der Waals surface area contributed by atoms with Crippen LogP contribution in [0.15, 0.2) is 83.8 Å². The molecule has 3 rings (SSSR count). The summed E-state index contributed by atoms with van der Waals surface area (Å²) in [5, 5.41) is 9.22. The zero-order chi connectivity index (χ0) is 24.3. The summed E-state index contributed by atoms with van der Waals surface area (Å²) in [6.45, 7) is 2.29. The van der Waals surface area contributed by atoms with Crippen LogP contribution in [0.25, 0.3) is 0 Å². The summed E-state index contributed by atoms with van der Waals surface area (Å²) in [6.07, 6.45) is 1.27. The quantitative estimate of drug-likeness (QED) is 0.406. The van der Waals surface area contributed by atoms with Gasteiger partial charge in [0, 0.05) is 0 Å². The molecule has 0 aliphatic rings. The van der Waals surface area contributed by atoms with Gasteiger partial charge in [-0.25, -0.2) is 0 Å². The van der Waals surface area contributed by atoms with Crippen LogP contribution >= 0.6 is 0 Å². The third-order valence-electron chi connectivity index (χ3n) is 4.77. The maximum Gasteiger partial charge on any atom is 0.294 e. The van der Waals surface area contributed by atoms with Gasteiger partial charge in [-0.05, 0) is 55.2 Å². The molecule has 8 heteroatoms. The van der Waals surface area contributed by atoms with Gasteiger partial charge in [0.2, 0.25) is 0 Å². The van der Waals surface area contributed by atoms with Crippen LogP contribution in [0.4, 0.5) is 0 Å². The SMILES string of the molecule is Cc1ccc(S(=O)(=O)O)cc1.NC(CCc1ccc(O)cc1)C(=O)COCc1ccccc1. The first-order valence-corrected chi connectivity index (χ1v) is 11.8. The first-order valence-electron chi connectivity index (χ1n) is 10.4. The van der Waals surface area contributed by atoms with Crippen molar-refractivity contribution in [2.75, 3.05) is 6.61 Å². The number of Topliss-reactive ketones (excluding diaryl/α,β-unsaturated/α-hetero) is 1. The molecule has 0 heterocycles. The summed E-state index contributed by atoms with van der Waals surface area (Å²) in [7, 11) is -4.02. The van der Waals surface area contributed by atoms with Crippen LogP contribution in [0.5, 0.6) is 5.75 Å². The highest BCUT2D eigenvalue weighted by molar-refractivity contribution is 7.85. The van der Waals surface area contributed by atoms with Crippen molar-refractivity contribution in [3.05, 3.63) is 95.6 Å². The molecule has 33 heavy (non-hydrogen) atoms. The molecule has 0 aromatic heterocycles. The Morgan fingerprint density at radius 2 is 1.55 bits per heavy atom. The largest absolute Gasteiger partial charge is 0.508 e. The third kappa shape index (κ3) is 9.97. The molecule has 3 aromatic carbocycles. The van der Waals surface area contributed by atoms with Crippen LogP contribution in [0.1, 0.15) is 23.1 Å². The standard InChI is InChI=1S/C18H21NO3.C7H8O3S/c19-17(11-8-14-6-9-16(20)10-7-14)18(21)13-22-12-15-4-2-1-3-5-15;1-6-2-4-7(5-3-6)11(8,9)10/h1-7,9-10,17,20H,8,11-13,19H2;2-5H,1H3,(H,8,9,10). The normalized spacial score (nSPS) is 11.8. The fourth-order valence-electron chi connectivity index (χ4n) is 2.81. The molecule has 1 unspecified atom stereocenters. The van der Waals surface area contributed by atoms with E-state index in [9.17, 15) is 18.3 Å². The highest BCUT2D eigenvalue weighted by Gasteiger charge is 2.13. The minimum Gasteiger partial charge on any atom is -0.508 e. The van der Waals surface area contributed by atoms with Crippen molar-refractivity contribution in [1.29, 1.82) is 0 Å². The Bertz CT molecular complexity index is 1100. The van der Waals surface area contributed by atoms with Crippen molar-refractivity contribution in [2.45, 2.75) is 37.3 Å². The van der Waals surface area contributed by atoms with Gasteiger partial charge in [-0.15, -0.1) is 0 Å². The number of hydrogen-bond donors (Lipinski definition) is 3. The molecule has 0 aliphatic heterocycles. The van der Waals surface area contributed by atoms with E-state index in [-0.39, 0.29) is 23.0 Å². The first-order chi connectivity index (χ1) is 15.6. The predicted octanol–water partition coefficient (Wildman–Crippen LogP) is 3.68. The van der Waals surface area contributed by atoms with Crippen LogP contribution in [-0.2, 0) is 32.7 Å². The number of carbonyl (C=O) groups excluding carboxylic acids is 1. The second-order valence-electron chi connectivity index (χ2n) is 7.54. The zero-order valence-electron chi connectivity index (χ0n) is 18.4. The van der Waals surface area contributed by atoms with Crippen molar-refractivity contribution in [2.24, 2.45) is 5.73 Å². The van der Waals surface area contributed by atoms with E-state index >= 15 is 0 Å². The Morgan fingerprint density at radius 1 is 0.939 bits per heavy atom. The van der Waals surface area contributed by atoms with E-state index in [1.165, 1.54) is 12.1 Å². The maximum absolute atomic E-state index is 11.9. The van der Waals surface area contributed by atoms with Crippen LogP contribution in [0.2, 0.25) is 0 Å². The van der Waals surface area contributed by atoms with E-state index in [2.05, 4.69) is 0 Å². The lowest BCUT2D eigenvalue weighted by Gasteiger charge is -2.11. The van der Waals surface area contributed by atoms with Gasteiger partial charge < -0.3 is 15.6 Å². The second-order valence-corrected chi connectivity index (χ2v) is 8.97. The summed E-state index contributed by atoms with van der Waals surface area (Å²) in [5.74, 6) is 0.146. The molecule has 0 saturated carbocycles. The van der Waals surface area contributed by atoms with Gasteiger partial charge in [0.25, 0.3) is 10.1 Å². The van der Waals surface area contributed by atoms with Gasteiger partial charge in [0.15, 0.2) is 5.78 Å². The average molecular weight is 472 g/mol. The van der Waals surface area contributed by atoms with E-state index < -0.39 is 16.2 Å². The Labute approximate surface area is 194 Å². The number of phenolic OH excluding ortho intramolecular Hbond substituents is 1. The lowest BCUT2D eigenvalue weighted by atomic mass is 10.0. The number of carbonyl (C=O) groups is 1. The van der Waals surface area contributed by atoms with Gasteiger partial charge >= 0.3 is 0 Å². The van der Waals surface area contributed by atoms with Crippen LogP contribution in [0, 0.1) is 6.92 Å². The topological polar surface area (TPSA) is 127 Å². The molecular weight excluding hydrogens is 442 g/mol. The Hall–Kier alpha value is -3.04. The first kappa shape index (κ1) is 26.2. The van der Waals surface area contributed by atoms with Crippen molar-refractivity contribution in [3.8, 4) is 5.75 Å². The van der Waals surface area contributed by atoms with Gasteiger partial charge in [-0.3, -0.25) is 9.35 Å². The minimum absolute atomic E-state index is 0.0334. The van der Waals surface area contributed by atoms with Crippen molar-refractivity contribution in [1.82, 2.24) is 0 Å². The monoisotopic (exact) mass is 471 g/mol. The summed E-state index contributed by atoms with van der Waals surface area (Å²) >= 11 is 0. The van der Waals surface area contributed by atoms with Crippen molar-refractivity contribution >= 4 is 15.9 Å². The molecule has 0 bridgehead atoms. The summed E-state index contributed by atoms with van der Waals surface area (Å²) in [4.78, 5) is 11.9. The number of nitrogens with two attached hydrogens (primary N) is 1. The van der Waals surface area contributed by atoms with Gasteiger partial charge in [-0.1, -0.05) is 60.2 Å². The minimum atomic E-state index is -4.02. The van der Waals surface area contributed by atoms with Gasteiger partial charge in [0.05, 0.1) is 17.5 Å². The smallest absolute Gasteiger partial charge is 0.294 e. The molecule has 7 nitrogen and oxygen atoms in total. The Morgan fingerprint density at radius 3 is 2.12 bits per heavy atom. The molecule has 0 saturated heterocycles. The number of benzene rings is 3. The Kier molecular flexibility index (Phi) is 10.2. The molecule has 4 N–H and O–H groups in total. The van der Waals surface area contributed by atoms with Gasteiger partial charge in [-0.2, -0.15) is 8.42 Å². The van der Waals surface area contributed by atoms with Gasteiger partial charge in [0.1, 0.15) is 12.4 Å². The number of rotatable bonds is 9. The molecule has 3 aromatic rings. The molecule has 0 radical (unpaired) electrons. The number of ether oxygens (including phenoxy) is 1. The molecule has 1 atom stereocenters. The number of aryl methyl sites for hydroxylation is 2. The maximum atomic E-state index is 11.9. The second kappa shape index (κ2) is 12.9. The number of phenols is 1. The summed E-state index contributed by atoms with van der Waals surface area (Å²) in [5.41, 5.74) is 8.93. The number of hydrogen-bond acceptors (Lipinski definition) is 6. The molecule has 0 spiro atoms. The lowest BCUT2D eigenvalue weighted by Crippen LogP contribution is -2.33. The summed E-state index contributed by atoms with van der Waals surface area (Å²) in [6, 6.07) is 22.1. The van der Waals surface area contributed by atoms with E-state index in [1.54, 1.807) is 24.3 Å². The van der Waals surface area contributed by atoms with E-state index in [0.29, 0.717) is 19.4 Å². The highest BCUT2D eigenvalue weighted by Crippen LogP contribution is 2.12. The highest BCUT2D eigenvalue weighted by atomic mass is 32.2. The predicted molar refractivity (Wildman–Crippen MR) is 127 cm³/mol. The molecule has 0 fully saturated rings. The number of aromatic hydroxyl groups is 1. The molecular formula is C25H29NO6S. The van der Waals surface area contributed by atoms with Crippen LogP contribution < -0.4 is 5.73 Å². The third-order valence-corrected chi connectivity index (χ3v) is 5.64. The fraction of sp³-hybridized carbons (Fsp3) is 0.240. The van der Waals surface area contributed by atoms with E-state index in [1.807, 2.05) is 49.4 Å². The summed E-state index contributed by atoms with van der Waals surface area (Å²) < 4.78 is 35.0.